The fourth-order valence-corrected chi connectivity index (χ4v) is 2.80. The average molecular weight is 323 g/mol. The van der Waals surface area contributed by atoms with Crippen LogP contribution in [0.15, 0.2) is 48.5 Å². The summed E-state index contributed by atoms with van der Waals surface area (Å²) in [6.07, 6.45) is 0.992. The fraction of sp³-hybridized carbons (Fsp3) is 0.350. The summed E-state index contributed by atoms with van der Waals surface area (Å²) in [4.78, 5) is 2.17. The van der Waals surface area contributed by atoms with Crippen molar-refractivity contribution in [2.45, 2.75) is 19.9 Å². The van der Waals surface area contributed by atoms with Crippen molar-refractivity contribution < 1.29 is 4.74 Å². The number of ether oxygens (including phenoxy) is 1. The summed E-state index contributed by atoms with van der Waals surface area (Å²) in [7, 11) is 4.15. The number of fused-ring (bicyclic) bond motifs is 1. The molecule has 0 spiro atoms. The Bertz CT molecular complexity index is 793. The molecule has 1 aromatic heterocycles. The maximum absolute atomic E-state index is 5.98. The Kier molecular flexibility index (Phi) is 5.16. The van der Waals surface area contributed by atoms with Crippen LogP contribution in [-0.2, 0) is 6.54 Å². The molecule has 0 bridgehead atoms. The molecular formula is C20H25N3O. The molecule has 0 aliphatic carbocycles. The van der Waals surface area contributed by atoms with E-state index in [1.807, 2.05) is 10.7 Å². The zero-order valence-corrected chi connectivity index (χ0v) is 14.7. The van der Waals surface area contributed by atoms with Gasteiger partial charge >= 0.3 is 0 Å². The van der Waals surface area contributed by atoms with Crippen LogP contribution in [-0.4, -0.2) is 41.9 Å². The molecule has 0 fully saturated rings. The highest BCUT2D eigenvalue weighted by Crippen LogP contribution is 2.27. The van der Waals surface area contributed by atoms with Gasteiger partial charge in [0.15, 0.2) is 0 Å². The van der Waals surface area contributed by atoms with E-state index in [0.29, 0.717) is 6.61 Å². The minimum Gasteiger partial charge on any atom is -0.476 e. The fourth-order valence-electron chi connectivity index (χ4n) is 2.80. The largest absolute Gasteiger partial charge is 0.476 e. The second-order valence-corrected chi connectivity index (χ2v) is 6.47. The van der Waals surface area contributed by atoms with Crippen LogP contribution < -0.4 is 4.74 Å². The zero-order valence-electron chi connectivity index (χ0n) is 14.7. The molecule has 0 atom stereocenters. The summed E-state index contributed by atoms with van der Waals surface area (Å²) in [5.41, 5.74) is 3.58. The predicted octanol–water partition coefficient (Wildman–Crippen LogP) is 3.72. The van der Waals surface area contributed by atoms with E-state index in [1.165, 1.54) is 11.1 Å². The van der Waals surface area contributed by atoms with E-state index in [2.05, 4.69) is 68.4 Å². The Hall–Kier alpha value is -2.33. The van der Waals surface area contributed by atoms with E-state index in [1.54, 1.807) is 0 Å². The molecule has 0 aliphatic rings. The van der Waals surface area contributed by atoms with Gasteiger partial charge in [-0.15, -0.1) is 5.10 Å². The Morgan fingerprint density at radius 2 is 1.88 bits per heavy atom. The van der Waals surface area contributed by atoms with Gasteiger partial charge in [0.05, 0.1) is 24.1 Å². The molecule has 0 aliphatic heterocycles. The van der Waals surface area contributed by atoms with Gasteiger partial charge in [-0.2, -0.15) is 0 Å². The van der Waals surface area contributed by atoms with Gasteiger partial charge in [0, 0.05) is 6.54 Å². The Morgan fingerprint density at radius 1 is 1.08 bits per heavy atom. The van der Waals surface area contributed by atoms with E-state index in [9.17, 15) is 0 Å². The molecule has 126 valence electrons. The number of aryl methyl sites for hydroxylation is 1. The van der Waals surface area contributed by atoms with Crippen LogP contribution in [0.25, 0.3) is 10.9 Å². The molecule has 3 aromatic rings. The quantitative estimate of drug-likeness (QED) is 0.621. The van der Waals surface area contributed by atoms with Crippen LogP contribution >= 0.6 is 0 Å². The molecule has 4 heteroatoms. The summed E-state index contributed by atoms with van der Waals surface area (Å²) < 4.78 is 8.02. The molecule has 1 heterocycles. The van der Waals surface area contributed by atoms with Gasteiger partial charge in [0.25, 0.3) is 0 Å². The predicted molar refractivity (Wildman–Crippen MR) is 98.7 cm³/mol. The lowest BCUT2D eigenvalue weighted by Gasteiger charge is -2.09. The Balaban J connectivity index is 1.84. The summed E-state index contributed by atoms with van der Waals surface area (Å²) in [5.74, 6) is 0.739. The second-order valence-electron chi connectivity index (χ2n) is 6.47. The van der Waals surface area contributed by atoms with Gasteiger partial charge in [-0.1, -0.05) is 42.0 Å². The van der Waals surface area contributed by atoms with Gasteiger partial charge in [-0.3, -0.25) is 4.68 Å². The standard InChI is InChI=1S/C20H25N3O/c1-16-10-11-19-18(14-16)20(24-13-7-12-22(2)3)21-23(19)15-17-8-5-4-6-9-17/h4-6,8-11,14H,7,12-13,15H2,1-3H3. The van der Waals surface area contributed by atoms with E-state index in [4.69, 9.17) is 9.84 Å². The van der Waals surface area contributed by atoms with E-state index in [-0.39, 0.29) is 0 Å². The van der Waals surface area contributed by atoms with Crippen LogP contribution in [0.3, 0.4) is 0 Å². The minimum atomic E-state index is 0.684. The summed E-state index contributed by atoms with van der Waals surface area (Å²) in [6.45, 7) is 4.55. The molecule has 0 amide bonds. The van der Waals surface area contributed by atoms with Crippen LogP contribution in [0, 0.1) is 6.92 Å². The normalized spacial score (nSPS) is 11.3. The van der Waals surface area contributed by atoms with Gasteiger partial charge in [-0.25, -0.2) is 0 Å². The van der Waals surface area contributed by atoms with Gasteiger partial charge in [0.1, 0.15) is 0 Å². The summed E-state index contributed by atoms with van der Waals surface area (Å²) in [5, 5.41) is 5.82. The van der Waals surface area contributed by atoms with Crippen molar-refractivity contribution in [3.8, 4) is 5.88 Å². The summed E-state index contributed by atoms with van der Waals surface area (Å²) >= 11 is 0. The Labute approximate surface area is 143 Å². The van der Waals surface area contributed by atoms with Crippen LogP contribution in [0.1, 0.15) is 17.5 Å². The van der Waals surface area contributed by atoms with E-state index < -0.39 is 0 Å². The number of nitrogens with zero attached hydrogens (tertiary/aromatic N) is 3. The molecule has 0 radical (unpaired) electrons. The second kappa shape index (κ2) is 7.49. The summed E-state index contributed by atoms with van der Waals surface area (Å²) in [6, 6.07) is 16.8. The molecule has 0 saturated carbocycles. The van der Waals surface area contributed by atoms with Crippen molar-refractivity contribution in [3.63, 3.8) is 0 Å². The van der Waals surface area contributed by atoms with Crippen LogP contribution in [0.2, 0.25) is 0 Å². The highest BCUT2D eigenvalue weighted by molar-refractivity contribution is 5.85. The monoisotopic (exact) mass is 323 g/mol. The molecule has 0 saturated heterocycles. The number of hydrogen-bond donors (Lipinski definition) is 0. The average Bonchev–Trinajstić information content (AvgIpc) is 2.89. The number of hydrogen-bond acceptors (Lipinski definition) is 3. The minimum absolute atomic E-state index is 0.684. The first kappa shape index (κ1) is 16.5. The molecule has 0 N–H and O–H groups in total. The molecule has 24 heavy (non-hydrogen) atoms. The third-order valence-electron chi connectivity index (χ3n) is 4.04. The van der Waals surface area contributed by atoms with Crippen molar-refractivity contribution in [1.82, 2.24) is 14.7 Å². The van der Waals surface area contributed by atoms with Crippen molar-refractivity contribution >= 4 is 10.9 Å². The van der Waals surface area contributed by atoms with Crippen LogP contribution in [0.4, 0.5) is 0 Å². The molecular weight excluding hydrogens is 298 g/mol. The first-order valence-corrected chi connectivity index (χ1v) is 8.42. The molecule has 3 rings (SSSR count). The maximum atomic E-state index is 5.98. The lowest BCUT2D eigenvalue weighted by Crippen LogP contribution is -2.15. The molecule has 2 aromatic carbocycles. The SMILES string of the molecule is Cc1ccc2c(c1)c(OCCCN(C)C)nn2Cc1ccccc1. The van der Waals surface area contributed by atoms with Crippen molar-refractivity contribution in [3.05, 3.63) is 59.7 Å². The van der Waals surface area contributed by atoms with Crippen molar-refractivity contribution in [1.29, 1.82) is 0 Å². The molecule has 4 nitrogen and oxygen atoms in total. The Morgan fingerprint density at radius 3 is 2.62 bits per heavy atom. The third-order valence-corrected chi connectivity index (χ3v) is 4.04. The smallest absolute Gasteiger partial charge is 0.240 e. The van der Waals surface area contributed by atoms with Gasteiger partial charge in [0.2, 0.25) is 5.88 Å². The number of aromatic nitrogens is 2. The van der Waals surface area contributed by atoms with E-state index in [0.717, 1.165) is 36.3 Å². The maximum Gasteiger partial charge on any atom is 0.240 e. The van der Waals surface area contributed by atoms with Gasteiger partial charge in [-0.05, 0) is 45.1 Å². The third kappa shape index (κ3) is 3.95. The van der Waals surface area contributed by atoms with E-state index >= 15 is 0 Å². The first-order valence-electron chi connectivity index (χ1n) is 8.42. The highest BCUT2D eigenvalue weighted by atomic mass is 16.5. The number of benzene rings is 2. The first-order chi connectivity index (χ1) is 11.6. The topological polar surface area (TPSA) is 30.3 Å². The number of rotatable bonds is 7. The lowest BCUT2D eigenvalue weighted by atomic mass is 10.1. The highest BCUT2D eigenvalue weighted by Gasteiger charge is 2.12. The molecule has 0 unspecified atom stereocenters. The van der Waals surface area contributed by atoms with Crippen LogP contribution in [0.5, 0.6) is 5.88 Å². The lowest BCUT2D eigenvalue weighted by molar-refractivity contribution is 0.273. The van der Waals surface area contributed by atoms with Gasteiger partial charge < -0.3 is 9.64 Å². The van der Waals surface area contributed by atoms with Crippen molar-refractivity contribution in [2.75, 3.05) is 27.2 Å². The van der Waals surface area contributed by atoms with Crippen molar-refractivity contribution in [2.24, 2.45) is 0 Å². The zero-order chi connectivity index (χ0) is 16.9.